The molecule has 0 aliphatic carbocycles. The van der Waals surface area contributed by atoms with Crippen LogP contribution in [0.5, 0.6) is 0 Å². The molecule has 2 rings (SSSR count). The molecule has 0 radical (unpaired) electrons. The Hall–Kier alpha value is -1.01. The summed E-state index contributed by atoms with van der Waals surface area (Å²) in [6.07, 6.45) is 2.88. The molecule has 1 aliphatic heterocycles. The number of nitrogens with zero attached hydrogens (tertiary/aromatic N) is 2. The largest absolute Gasteiger partial charge is 0.306 e. The van der Waals surface area contributed by atoms with Crippen LogP contribution in [0.2, 0.25) is 0 Å². The molecule has 2 N–H and O–H groups in total. The Balaban J connectivity index is 1.89. The topological polar surface area (TPSA) is 66.9 Å². The molecule has 0 bridgehead atoms. The van der Waals surface area contributed by atoms with E-state index in [0.29, 0.717) is 5.13 Å². The number of anilines is 1. The van der Waals surface area contributed by atoms with Crippen molar-refractivity contribution in [1.82, 2.24) is 15.5 Å². The van der Waals surface area contributed by atoms with Crippen LogP contribution in [-0.4, -0.2) is 28.7 Å². The Kier molecular flexibility index (Phi) is 3.27. The summed E-state index contributed by atoms with van der Waals surface area (Å²) in [5.41, 5.74) is 0. The van der Waals surface area contributed by atoms with Crippen LogP contribution >= 0.6 is 11.3 Å². The van der Waals surface area contributed by atoms with Crippen molar-refractivity contribution in [2.24, 2.45) is 0 Å². The lowest BCUT2D eigenvalue weighted by Gasteiger charge is -2.25. The quantitative estimate of drug-likeness (QED) is 0.796. The summed E-state index contributed by atoms with van der Waals surface area (Å²) in [5, 5.41) is 15.3. The first-order chi connectivity index (χ1) is 7.29. The van der Waals surface area contributed by atoms with Crippen molar-refractivity contribution in [1.29, 1.82) is 0 Å². The lowest BCUT2D eigenvalue weighted by Crippen LogP contribution is -2.50. The predicted octanol–water partition coefficient (Wildman–Crippen LogP) is 0.791. The molecule has 1 fully saturated rings. The van der Waals surface area contributed by atoms with Crippen molar-refractivity contribution in [2.75, 3.05) is 11.9 Å². The van der Waals surface area contributed by atoms with Crippen molar-refractivity contribution in [3.05, 3.63) is 5.01 Å². The summed E-state index contributed by atoms with van der Waals surface area (Å²) in [6, 6.07) is -0.0384. The van der Waals surface area contributed by atoms with E-state index in [1.807, 2.05) is 0 Å². The second-order valence-electron chi connectivity index (χ2n) is 3.54. The lowest BCUT2D eigenvalue weighted by atomic mass is 10.1. The lowest BCUT2D eigenvalue weighted by molar-refractivity contribution is -0.119. The van der Waals surface area contributed by atoms with Crippen LogP contribution in [0.15, 0.2) is 0 Å². The molecule has 1 atom stereocenters. The van der Waals surface area contributed by atoms with Crippen LogP contribution in [0.4, 0.5) is 5.13 Å². The molecule has 0 saturated carbocycles. The predicted molar refractivity (Wildman–Crippen MR) is 58.9 cm³/mol. The van der Waals surface area contributed by atoms with Gasteiger partial charge in [-0.15, -0.1) is 10.2 Å². The monoisotopic (exact) mass is 226 g/mol. The maximum Gasteiger partial charge on any atom is 0.243 e. The SMILES string of the molecule is CCCc1nnc(NC(=O)[C@H]2CCN2)s1. The third kappa shape index (κ3) is 2.51. The molecule has 82 valence electrons. The van der Waals surface area contributed by atoms with Gasteiger partial charge in [0.25, 0.3) is 0 Å². The van der Waals surface area contributed by atoms with E-state index in [2.05, 4.69) is 27.8 Å². The van der Waals surface area contributed by atoms with E-state index in [1.54, 1.807) is 0 Å². The van der Waals surface area contributed by atoms with E-state index < -0.39 is 0 Å². The minimum Gasteiger partial charge on any atom is -0.306 e. The molecule has 0 spiro atoms. The summed E-state index contributed by atoms with van der Waals surface area (Å²) in [4.78, 5) is 11.5. The van der Waals surface area contributed by atoms with Crippen molar-refractivity contribution in [3.63, 3.8) is 0 Å². The van der Waals surface area contributed by atoms with E-state index in [1.165, 1.54) is 11.3 Å². The summed E-state index contributed by atoms with van der Waals surface area (Å²) < 4.78 is 0. The molecule has 1 aromatic rings. The standard InChI is InChI=1S/C9H14N4OS/c1-2-3-7-12-13-9(15-7)11-8(14)6-4-5-10-6/h6,10H,2-5H2,1H3,(H,11,13,14)/t6-/m1/s1. The molecule has 1 aliphatic rings. The van der Waals surface area contributed by atoms with Crippen LogP contribution < -0.4 is 10.6 Å². The third-order valence-electron chi connectivity index (χ3n) is 2.30. The van der Waals surface area contributed by atoms with Crippen LogP contribution in [0.1, 0.15) is 24.8 Å². The van der Waals surface area contributed by atoms with E-state index in [0.717, 1.165) is 30.8 Å². The van der Waals surface area contributed by atoms with Crippen LogP contribution in [0.3, 0.4) is 0 Å². The molecule has 1 saturated heterocycles. The van der Waals surface area contributed by atoms with E-state index in [9.17, 15) is 4.79 Å². The maximum absolute atomic E-state index is 11.5. The first-order valence-electron chi connectivity index (χ1n) is 5.16. The molecular weight excluding hydrogens is 212 g/mol. The van der Waals surface area contributed by atoms with Gasteiger partial charge in [-0.2, -0.15) is 0 Å². The second-order valence-corrected chi connectivity index (χ2v) is 4.60. The molecule has 1 aromatic heterocycles. The van der Waals surface area contributed by atoms with Crippen LogP contribution in [0.25, 0.3) is 0 Å². The normalized spacial score (nSPS) is 19.7. The van der Waals surface area contributed by atoms with Gasteiger partial charge in [-0.1, -0.05) is 18.3 Å². The molecule has 6 heteroatoms. The van der Waals surface area contributed by atoms with Gasteiger partial charge in [0.2, 0.25) is 11.0 Å². The Morgan fingerprint density at radius 1 is 1.67 bits per heavy atom. The first-order valence-corrected chi connectivity index (χ1v) is 5.98. The number of aryl methyl sites for hydroxylation is 1. The number of carbonyl (C=O) groups excluding carboxylic acids is 1. The summed E-state index contributed by atoms with van der Waals surface area (Å²) in [5.74, 6) is 0.000415. The van der Waals surface area contributed by atoms with Gasteiger partial charge in [-0.25, -0.2) is 0 Å². The van der Waals surface area contributed by atoms with Gasteiger partial charge in [0, 0.05) is 6.42 Å². The fourth-order valence-corrected chi connectivity index (χ4v) is 2.17. The van der Waals surface area contributed by atoms with Gasteiger partial charge < -0.3 is 5.32 Å². The van der Waals surface area contributed by atoms with Crippen LogP contribution in [-0.2, 0) is 11.2 Å². The van der Waals surface area contributed by atoms with Crippen molar-refractivity contribution in [2.45, 2.75) is 32.2 Å². The van der Waals surface area contributed by atoms with E-state index in [-0.39, 0.29) is 11.9 Å². The average Bonchev–Trinajstić information content (AvgIpc) is 2.49. The number of rotatable bonds is 4. The number of nitrogens with one attached hydrogen (secondary N) is 2. The first kappa shape index (κ1) is 10.5. The zero-order valence-corrected chi connectivity index (χ0v) is 9.43. The summed E-state index contributed by atoms with van der Waals surface area (Å²) in [6.45, 7) is 3.02. The highest BCUT2D eigenvalue weighted by atomic mass is 32.1. The molecule has 1 amide bonds. The summed E-state index contributed by atoms with van der Waals surface area (Å²) >= 11 is 1.46. The Labute approximate surface area is 92.3 Å². The van der Waals surface area contributed by atoms with Crippen LogP contribution in [0, 0.1) is 0 Å². The van der Waals surface area contributed by atoms with Gasteiger partial charge >= 0.3 is 0 Å². The molecule has 0 aromatic carbocycles. The highest BCUT2D eigenvalue weighted by Gasteiger charge is 2.25. The van der Waals surface area contributed by atoms with Gasteiger partial charge in [-0.3, -0.25) is 10.1 Å². The molecular formula is C9H14N4OS. The molecule has 0 unspecified atom stereocenters. The highest BCUT2D eigenvalue weighted by Crippen LogP contribution is 2.17. The Morgan fingerprint density at radius 2 is 2.47 bits per heavy atom. The van der Waals surface area contributed by atoms with Gasteiger partial charge in [0.15, 0.2) is 0 Å². The zero-order chi connectivity index (χ0) is 10.7. The minimum absolute atomic E-state index is 0.000415. The molecule has 15 heavy (non-hydrogen) atoms. The zero-order valence-electron chi connectivity index (χ0n) is 8.62. The van der Waals surface area contributed by atoms with Gasteiger partial charge in [0.05, 0.1) is 6.04 Å². The minimum atomic E-state index is -0.0384. The fourth-order valence-electron chi connectivity index (χ4n) is 1.32. The van der Waals surface area contributed by atoms with Crippen molar-refractivity contribution >= 4 is 22.4 Å². The Morgan fingerprint density at radius 3 is 3.07 bits per heavy atom. The smallest absolute Gasteiger partial charge is 0.243 e. The number of aromatic nitrogens is 2. The Bertz CT molecular complexity index is 348. The molecule has 2 heterocycles. The number of hydrogen-bond donors (Lipinski definition) is 2. The maximum atomic E-state index is 11.5. The number of carbonyl (C=O) groups is 1. The van der Waals surface area contributed by atoms with Crippen molar-refractivity contribution in [3.8, 4) is 0 Å². The van der Waals surface area contributed by atoms with Crippen molar-refractivity contribution < 1.29 is 4.79 Å². The fraction of sp³-hybridized carbons (Fsp3) is 0.667. The highest BCUT2D eigenvalue weighted by molar-refractivity contribution is 7.15. The van der Waals surface area contributed by atoms with E-state index >= 15 is 0 Å². The number of hydrogen-bond acceptors (Lipinski definition) is 5. The van der Waals surface area contributed by atoms with E-state index in [4.69, 9.17) is 0 Å². The molecule has 5 nitrogen and oxygen atoms in total. The third-order valence-corrected chi connectivity index (χ3v) is 3.20. The average molecular weight is 226 g/mol. The second kappa shape index (κ2) is 4.67. The number of amides is 1. The summed E-state index contributed by atoms with van der Waals surface area (Å²) in [7, 11) is 0. The van der Waals surface area contributed by atoms with Gasteiger partial charge in [0.1, 0.15) is 5.01 Å². The van der Waals surface area contributed by atoms with Gasteiger partial charge in [-0.05, 0) is 19.4 Å².